The third-order valence-electron chi connectivity index (χ3n) is 2.38. The molecule has 0 saturated carbocycles. The number of sulfone groups is 1. The molecule has 19 heavy (non-hydrogen) atoms. The first-order valence-corrected chi connectivity index (χ1v) is 7.80. The maximum atomic E-state index is 11.9. The van der Waals surface area contributed by atoms with Crippen molar-refractivity contribution in [3.8, 4) is 0 Å². The van der Waals surface area contributed by atoms with Crippen LogP contribution in [-0.2, 0) is 15.6 Å². The Morgan fingerprint density at radius 2 is 2.00 bits per heavy atom. The van der Waals surface area contributed by atoms with Gasteiger partial charge in [0.25, 0.3) is 0 Å². The average Bonchev–Trinajstić information content (AvgIpc) is 2.83. The van der Waals surface area contributed by atoms with Crippen LogP contribution in [0.4, 0.5) is 0 Å². The van der Waals surface area contributed by atoms with E-state index in [4.69, 9.17) is 27.6 Å². The zero-order chi connectivity index (χ0) is 13.9. The third-order valence-corrected chi connectivity index (χ3v) is 4.23. The summed E-state index contributed by atoms with van der Waals surface area (Å²) in [5.41, 5.74) is 1.20. The summed E-state index contributed by atoms with van der Waals surface area (Å²) < 4.78 is 28.7. The maximum Gasteiger partial charge on any atom is 0.175 e. The van der Waals surface area contributed by atoms with Gasteiger partial charge < -0.3 is 4.42 Å². The van der Waals surface area contributed by atoms with Gasteiger partial charge in [-0.15, -0.1) is 0 Å². The molecule has 0 saturated heterocycles. The molecule has 3 nitrogen and oxygen atoms in total. The van der Waals surface area contributed by atoms with Crippen LogP contribution in [0, 0.1) is 0 Å². The minimum atomic E-state index is -3.40. The standard InChI is InChI=1S/C13H10Cl2O3S/c14-12-2-1-11(13(15)7-12)9-19(16,17)6-4-10-3-5-18-8-10/h1-8H,9H2. The minimum Gasteiger partial charge on any atom is -0.472 e. The lowest BCUT2D eigenvalue weighted by atomic mass is 10.2. The molecule has 1 aromatic heterocycles. The fraction of sp³-hybridized carbons (Fsp3) is 0.0769. The SMILES string of the molecule is O=S(=O)(C=Cc1ccoc1)Cc1ccc(Cl)cc1Cl. The lowest BCUT2D eigenvalue weighted by molar-refractivity contribution is 0.567. The maximum absolute atomic E-state index is 11.9. The first-order chi connectivity index (χ1) is 8.96. The van der Waals surface area contributed by atoms with Crippen LogP contribution in [0.15, 0.2) is 46.6 Å². The van der Waals surface area contributed by atoms with Gasteiger partial charge in [0.15, 0.2) is 9.84 Å². The fourth-order valence-electron chi connectivity index (χ4n) is 1.46. The summed E-state index contributed by atoms with van der Waals surface area (Å²) in [6, 6.07) is 6.40. The predicted molar refractivity (Wildman–Crippen MR) is 76.8 cm³/mol. The second-order valence-electron chi connectivity index (χ2n) is 3.90. The highest BCUT2D eigenvalue weighted by molar-refractivity contribution is 7.93. The second kappa shape index (κ2) is 5.82. The molecule has 1 heterocycles. The van der Waals surface area contributed by atoms with Crippen LogP contribution in [0.3, 0.4) is 0 Å². The normalized spacial score (nSPS) is 12.1. The van der Waals surface area contributed by atoms with E-state index in [2.05, 4.69) is 0 Å². The molecule has 0 aliphatic carbocycles. The molecule has 0 unspecified atom stereocenters. The second-order valence-corrected chi connectivity index (χ2v) is 6.63. The summed E-state index contributed by atoms with van der Waals surface area (Å²) in [6.45, 7) is 0. The van der Waals surface area contributed by atoms with Crippen molar-refractivity contribution in [2.24, 2.45) is 0 Å². The van der Waals surface area contributed by atoms with Gasteiger partial charge in [0.05, 0.1) is 18.3 Å². The molecule has 2 aromatic rings. The van der Waals surface area contributed by atoms with E-state index >= 15 is 0 Å². The number of benzene rings is 1. The Hall–Kier alpha value is -1.23. The lowest BCUT2D eigenvalue weighted by Gasteiger charge is -2.03. The Labute approximate surface area is 121 Å². The van der Waals surface area contributed by atoms with E-state index in [1.165, 1.54) is 24.7 Å². The summed E-state index contributed by atoms with van der Waals surface area (Å²) in [5.74, 6) is -0.169. The van der Waals surface area contributed by atoms with Crippen LogP contribution in [0.5, 0.6) is 0 Å². The van der Waals surface area contributed by atoms with Crippen molar-refractivity contribution in [2.75, 3.05) is 0 Å². The zero-order valence-corrected chi connectivity index (χ0v) is 12.0. The quantitative estimate of drug-likeness (QED) is 0.850. The molecule has 0 aliphatic rings. The highest BCUT2D eigenvalue weighted by atomic mass is 35.5. The van der Waals surface area contributed by atoms with E-state index in [0.717, 1.165) is 5.41 Å². The highest BCUT2D eigenvalue weighted by Crippen LogP contribution is 2.23. The van der Waals surface area contributed by atoms with Gasteiger partial charge in [-0.25, -0.2) is 8.42 Å². The number of hydrogen-bond donors (Lipinski definition) is 0. The van der Waals surface area contributed by atoms with E-state index in [1.807, 2.05) is 0 Å². The van der Waals surface area contributed by atoms with Gasteiger partial charge in [0, 0.05) is 21.0 Å². The molecule has 0 spiro atoms. The molecule has 0 amide bonds. The molecule has 0 N–H and O–H groups in total. The van der Waals surface area contributed by atoms with Crippen LogP contribution >= 0.6 is 23.2 Å². The molecular weight excluding hydrogens is 307 g/mol. The summed E-state index contributed by atoms with van der Waals surface area (Å²) in [4.78, 5) is 0. The van der Waals surface area contributed by atoms with E-state index in [0.29, 0.717) is 21.2 Å². The molecule has 2 rings (SSSR count). The van der Waals surface area contributed by atoms with E-state index < -0.39 is 9.84 Å². The molecule has 0 bridgehead atoms. The molecule has 0 fully saturated rings. The van der Waals surface area contributed by atoms with Crippen molar-refractivity contribution in [3.05, 3.63) is 63.4 Å². The molecule has 0 radical (unpaired) electrons. The van der Waals surface area contributed by atoms with E-state index in [-0.39, 0.29) is 5.75 Å². The topological polar surface area (TPSA) is 47.3 Å². The first-order valence-electron chi connectivity index (χ1n) is 5.33. The molecule has 6 heteroatoms. The largest absolute Gasteiger partial charge is 0.472 e. The van der Waals surface area contributed by atoms with Gasteiger partial charge in [-0.3, -0.25) is 0 Å². The van der Waals surface area contributed by atoms with Gasteiger partial charge in [0.1, 0.15) is 0 Å². The van der Waals surface area contributed by atoms with Crippen molar-refractivity contribution in [2.45, 2.75) is 5.75 Å². The average molecular weight is 317 g/mol. The van der Waals surface area contributed by atoms with Crippen LogP contribution in [0.25, 0.3) is 6.08 Å². The Kier molecular flexibility index (Phi) is 4.34. The van der Waals surface area contributed by atoms with Crippen molar-refractivity contribution in [1.29, 1.82) is 0 Å². The number of hydrogen-bond acceptors (Lipinski definition) is 3. The minimum absolute atomic E-state index is 0.169. The highest BCUT2D eigenvalue weighted by Gasteiger charge is 2.11. The van der Waals surface area contributed by atoms with Crippen molar-refractivity contribution < 1.29 is 12.8 Å². The molecular formula is C13H10Cl2O3S. The zero-order valence-electron chi connectivity index (χ0n) is 9.71. The van der Waals surface area contributed by atoms with Crippen molar-refractivity contribution in [3.63, 3.8) is 0 Å². The third kappa shape index (κ3) is 4.13. The Bertz CT molecular complexity index is 689. The number of rotatable bonds is 4. The van der Waals surface area contributed by atoms with Gasteiger partial charge in [-0.2, -0.15) is 0 Å². The summed E-state index contributed by atoms with van der Waals surface area (Å²) >= 11 is 11.7. The number of halogens is 2. The van der Waals surface area contributed by atoms with Gasteiger partial charge in [0.2, 0.25) is 0 Å². The van der Waals surface area contributed by atoms with Crippen molar-refractivity contribution in [1.82, 2.24) is 0 Å². The molecule has 0 aliphatic heterocycles. The molecule has 1 aromatic carbocycles. The Balaban J connectivity index is 2.17. The molecule has 100 valence electrons. The van der Waals surface area contributed by atoms with Crippen LogP contribution in [0.1, 0.15) is 11.1 Å². The van der Waals surface area contributed by atoms with Gasteiger partial charge in [-0.05, 0) is 29.8 Å². The van der Waals surface area contributed by atoms with E-state index in [9.17, 15) is 8.42 Å². The van der Waals surface area contributed by atoms with E-state index in [1.54, 1.807) is 18.2 Å². The lowest BCUT2D eigenvalue weighted by Crippen LogP contribution is -2.00. The fourth-order valence-corrected chi connectivity index (χ4v) is 3.16. The van der Waals surface area contributed by atoms with Gasteiger partial charge in [-0.1, -0.05) is 29.3 Å². The van der Waals surface area contributed by atoms with Crippen LogP contribution in [-0.4, -0.2) is 8.42 Å². The Morgan fingerprint density at radius 1 is 1.21 bits per heavy atom. The Morgan fingerprint density at radius 3 is 2.63 bits per heavy atom. The van der Waals surface area contributed by atoms with Crippen LogP contribution < -0.4 is 0 Å². The summed E-state index contributed by atoms with van der Waals surface area (Å²) in [7, 11) is -3.40. The van der Waals surface area contributed by atoms with Gasteiger partial charge >= 0.3 is 0 Å². The molecule has 0 atom stereocenters. The monoisotopic (exact) mass is 316 g/mol. The number of furan rings is 1. The van der Waals surface area contributed by atoms with Crippen molar-refractivity contribution >= 4 is 39.1 Å². The summed E-state index contributed by atoms with van der Waals surface area (Å²) in [5, 5.41) is 1.95. The van der Waals surface area contributed by atoms with Crippen LogP contribution in [0.2, 0.25) is 10.0 Å². The first kappa shape index (κ1) is 14.2. The summed E-state index contributed by atoms with van der Waals surface area (Å²) in [6.07, 6.45) is 4.41. The predicted octanol–water partition coefficient (Wildman–Crippen LogP) is 4.17. The smallest absolute Gasteiger partial charge is 0.175 e.